The molecular formula is C31H37ClN4O2. The number of aromatic nitrogens is 2. The minimum absolute atomic E-state index is 0.251. The summed E-state index contributed by atoms with van der Waals surface area (Å²) in [5, 5.41) is 0.711. The number of imidazole rings is 1. The van der Waals surface area contributed by atoms with Crippen LogP contribution in [0.5, 0.6) is 0 Å². The average molecular weight is 533 g/mol. The summed E-state index contributed by atoms with van der Waals surface area (Å²) in [5.74, 6) is 1.87. The van der Waals surface area contributed by atoms with Gasteiger partial charge in [-0.25, -0.2) is 4.98 Å². The van der Waals surface area contributed by atoms with E-state index < -0.39 is 5.54 Å². The Morgan fingerprint density at radius 2 is 1.87 bits per heavy atom. The summed E-state index contributed by atoms with van der Waals surface area (Å²) in [4.78, 5) is 23.0. The summed E-state index contributed by atoms with van der Waals surface area (Å²) >= 11 is 6.27. The van der Waals surface area contributed by atoms with Gasteiger partial charge in [-0.15, -0.1) is 0 Å². The Morgan fingerprint density at radius 3 is 2.66 bits per heavy atom. The van der Waals surface area contributed by atoms with Gasteiger partial charge < -0.3 is 14.2 Å². The van der Waals surface area contributed by atoms with Gasteiger partial charge in [-0.1, -0.05) is 48.0 Å². The molecule has 6 rings (SSSR count). The van der Waals surface area contributed by atoms with Crippen LogP contribution in [0.25, 0.3) is 11.4 Å². The first-order chi connectivity index (χ1) is 18.6. The Balaban J connectivity index is 1.16. The van der Waals surface area contributed by atoms with E-state index in [1.54, 1.807) is 7.11 Å². The molecule has 2 fully saturated rings. The lowest BCUT2D eigenvalue weighted by Gasteiger charge is -2.37. The standard InChI is InChI=1S/C31H37ClN4O2/c1-38-22-26-5-4-17-35(26)21-23-13-18-34(19-14-23)29(37)12-15-31(24-8-10-25(32)11-9-24)28-7-3-2-6-27(28)30-33-16-20-36(30)31/h2-3,6-11,16,20,23,26H,4-5,12-15,17-19,21-22H2,1H3. The first-order valence-electron chi connectivity index (χ1n) is 14.0. The number of nitrogens with zero attached hydrogens (tertiary/aromatic N) is 4. The lowest BCUT2D eigenvalue weighted by molar-refractivity contribution is -0.133. The average Bonchev–Trinajstić information content (AvgIpc) is 3.66. The first kappa shape index (κ1) is 25.6. The zero-order chi connectivity index (χ0) is 26.1. The molecule has 2 unspecified atom stereocenters. The van der Waals surface area contributed by atoms with Gasteiger partial charge >= 0.3 is 0 Å². The van der Waals surface area contributed by atoms with E-state index in [0.717, 1.165) is 56.0 Å². The zero-order valence-electron chi connectivity index (χ0n) is 22.2. The molecule has 7 heteroatoms. The molecule has 200 valence electrons. The van der Waals surface area contributed by atoms with Gasteiger partial charge in [-0.05, 0) is 67.8 Å². The summed E-state index contributed by atoms with van der Waals surface area (Å²) in [7, 11) is 1.80. The van der Waals surface area contributed by atoms with Crippen LogP contribution < -0.4 is 0 Å². The molecule has 0 spiro atoms. The fourth-order valence-corrected chi connectivity index (χ4v) is 7.18. The van der Waals surface area contributed by atoms with Gasteiger partial charge in [0.05, 0.1) is 12.1 Å². The minimum atomic E-state index is -0.479. The molecule has 2 saturated heterocycles. The van der Waals surface area contributed by atoms with Gasteiger partial charge in [0.1, 0.15) is 5.82 Å². The fourth-order valence-electron chi connectivity index (χ4n) is 7.06. The predicted molar refractivity (Wildman–Crippen MR) is 150 cm³/mol. The summed E-state index contributed by atoms with van der Waals surface area (Å²) in [5.41, 5.74) is 2.99. The van der Waals surface area contributed by atoms with Gasteiger partial charge in [-0.2, -0.15) is 0 Å². The van der Waals surface area contributed by atoms with Gasteiger partial charge in [0, 0.05) is 62.2 Å². The number of methoxy groups -OCH3 is 1. The van der Waals surface area contributed by atoms with Crippen LogP contribution in [0, 0.1) is 5.92 Å². The lowest BCUT2D eigenvalue weighted by Crippen LogP contribution is -2.44. The van der Waals surface area contributed by atoms with Crippen molar-refractivity contribution in [1.29, 1.82) is 0 Å². The predicted octanol–water partition coefficient (Wildman–Crippen LogP) is 5.44. The van der Waals surface area contributed by atoms with Gasteiger partial charge in [0.25, 0.3) is 0 Å². The van der Waals surface area contributed by atoms with Crippen molar-refractivity contribution in [3.05, 3.63) is 77.1 Å². The summed E-state index contributed by atoms with van der Waals surface area (Å²) in [6.07, 6.45) is 9.75. The molecule has 4 heterocycles. The van der Waals surface area contributed by atoms with Crippen LogP contribution in [0.15, 0.2) is 60.9 Å². The number of benzene rings is 2. The van der Waals surface area contributed by atoms with E-state index in [9.17, 15) is 4.79 Å². The van der Waals surface area contributed by atoms with Crippen LogP contribution in [0.3, 0.4) is 0 Å². The van der Waals surface area contributed by atoms with Crippen LogP contribution in [0.4, 0.5) is 0 Å². The third-order valence-electron chi connectivity index (χ3n) is 9.01. The van der Waals surface area contributed by atoms with E-state index in [0.29, 0.717) is 29.8 Å². The lowest BCUT2D eigenvalue weighted by atomic mass is 9.79. The van der Waals surface area contributed by atoms with Crippen molar-refractivity contribution in [3.8, 4) is 11.4 Å². The van der Waals surface area contributed by atoms with Crippen molar-refractivity contribution < 1.29 is 9.53 Å². The highest BCUT2D eigenvalue weighted by atomic mass is 35.5. The van der Waals surface area contributed by atoms with Crippen LogP contribution >= 0.6 is 11.6 Å². The van der Waals surface area contributed by atoms with Crippen LogP contribution in [0.1, 0.15) is 49.7 Å². The number of piperidine rings is 1. The number of amides is 1. The second-order valence-electron chi connectivity index (χ2n) is 11.1. The third kappa shape index (κ3) is 4.57. The largest absolute Gasteiger partial charge is 0.383 e. The third-order valence-corrected chi connectivity index (χ3v) is 9.26. The Labute approximate surface area is 230 Å². The Bertz CT molecular complexity index is 1270. The van der Waals surface area contributed by atoms with Crippen LogP contribution in [0.2, 0.25) is 5.02 Å². The van der Waals surface area contributed by atoms with E-state index in [1.807, 2.05) is 18.3 Å². The molecule has 3 aromatic rings. The molecule has 0 N–H and O–H groups in total. The normalized spacial score (nSPS) is 23.5. The molecule has 2 atom stereocenters. The topological polar surface area (TPSA) is 50.6 Å². The van der Waals surface area contributed by atoms with Gasteiger partial charge in [0.15, 0.2) is 0 Å². The molecule has 38 heavy (non-hydrogen) atoms. The fraction of sp³-hybridized carbons (Fsp3) is 0.484. The van der Waals surface area contributed by atoms with Gasteiger partial charge in [0.2, 0.25) is 5.91 Å². The highest BCUT2D eigenvalue weighted by Crippen LogP contribution is 2.49. The minimum Gasteiger partial charge on any atom is -0.383 e. The summed E-state index contributed by atoms with van der Waals surface area (Å²) in [6.45, 7) is 4.85. The Hall–Kier alpha value is -2.67. The molecule has 2 aromatic carbocycles. The molecule has 0 bridgehead atoms. The van der Waals surface area contributed by atoms with E-state index >= 15 is 0 Å². The molecule has 1 amide bonds. The number of rotatable bonds is 8. The van der Waals surface area contributed by atoms with Crippen molar-refractivity contribution in [1.82, 2.24) is 19.4 Å². The van der Waals surface area contributed by atoms with Crippen molar-refractivity contribution >= 4 is 17.5 Å². The Morgan fingerprint density at radius 1 is 1.08 bits per heavy atom. The molecule has 3 aliphatic heterocycles. The van der Waals surface area contributed by atoms with E-state index in [1.165, 1.54) is 24.9 Å². The van der Waals surface area contributed by atoms with Crippen LogP contribution in [-0.4, -0.2) is 71.2 Å². The smallest absolute Gasteiger partial charge is 0.222 e. The SMILES string of the molecule is COCC1CCCN1CC1CCN(C(=O)CCC2(c3ccc(Cl)cc3)c3ccccc3-c3nccn32)CC1. The van der Waals surface area contributed by atoms with Crippen molar-refractivity contribution in [2.24, 2.45) is 5.92 Å². The number of fused-ring (bicyclic) bond motifs is 3. The molecule has 1 aromatic heterocycles. The van der Waals surface area contributed by atoms with Crippen LogP contribution in [-0.2, 0) is 15.1 Å². The molecule has 0 saturated carbocycles. The highest BCUT2D eigenvalue weighted by molar-refractivity contribution is 6.30. The van der Waals surface area contributed by atoms with E-state index in [-0.39, 0.29) is 5.91 Å². The van der Waals surface area contributed by atoms with Crippen molar-refractivity contribution in [3.63, 3.8) is 0 Å². The number of hydrogen-bond donors (Lipinski definition) is 0. The summed E-state index contributed by atoms with van der Waals surface area (Å²) in [6, 6.07) is 17.1. The number of carbonyl (C=O) groups excluding carboxylic acids is 1. The number of halogens is 1. The molecular weight excluding hydrogens is 496 g/mol. The highest BCUT2D eigenvalue weighted by Gasteiger charge is 2.45. The number of hydrogen-bond acceptors (Lipinski definition) is 4. The molecule has 3 aliphatic rings. The zero-order valence-corrected chi connectivity index (χ0v) is 22.9. The van der Waals surface area contributed by atoms with Crippen molar-refractivity contribution in [2.45, 2.75) is 50.1 Å². The second-order valence-corrected chi connectivity index (χ2v) is 11.5. The second kappa shape index (κ2) is 10.8. The van der Waals surface area contributed by atoms with Crippen molar-refractivity contribution in [2.75, 3.05) is 39.9 Å². The van der Waals surface area contributed by atoms with E-state index in [4.69, 9.17) is 21.3 Å². The number of ether oxygens (including phenoxy) is 1. The number of carbonyl (C=O) groups is 1. The summed E-state index contributed by atoms with van der Waals surface area (Å²) < 4.78 is 7.70. The molecule has 0 aliphatic carbocycles. The quantitative estimate of drug-likeness (QED) is 0.388. The van der Waals surface area contributed by atoms with Gasteiger partial charge in [-0.3, -0.25) is 9.69 Å². The maximum absolute atomic E-state index is 13.6. The molecule has 0 radical (unpaired) electrons. The molecule has 6 nitrogen and oxygen atoms in total. The maximum Gasteiger partial charge on any atom is 0.222 e. The Kier molecular flexibility index (Phi) is 7.30. The van der Waals surface area contributed by atoms with E-state index in [2.05, 4.69) is 57.0 Å². The monoisotopic (exact) mass is 532 g/mol. The maximum atomic E-state index is 13.6. The number of likely N-dealkylation sites (tertiary alicyclic amines) is 2. The first-order valence-corrected chi connectivity index (χ1v) is 14.4.